The van der Waals surface area contributed by atoms with Crippen LogP contribution in [0.1, 0.15) is 60.3 Å². The summed E-state index contributed by atoms with van der Waals surface area (Å²) in [5.74, 6) is -8.94. The Hall–Kier alpha value is -4.20. The van der Waals surface area contributed by atoms with Crippen LogP contribution in [0.3, 0.4) is 0 Å². The van der Waals surface area contributed by atoms with Gasteiger partial charge in [-0.05, 0) is 45.4 Å². The number of fused-ring (bicyclic) bond motifs is 2. The number of hydroxylamine groups is 4. The van der Waals surface area contributed by atoms with Crippen LogP contribution < -0.4 is 21.5 Å². The number of ether oxygens (including phenoxy) is 1. The van der Waals surface area contributed by atoms with Crippen LogP contribution in [-0.2, 0) is 43.1 Å². The normalized spacial score (nSPS) is 29.7. The van der Waals surface area contributed by atoms with E-state index in [-0.39, 0.29) is 36.1 Å². The minimum Gasteiger partial charge on any atom is -0.458 e. The Morgan fingerprint density at radius 2 is 1.37 bits per heavy atom. The maximum absolute atomic E-state index is 14.0. The van der Waals surface area contributed by atoms with Crippen LogP contribution in [0.25, 0.3) is 0 Å². The first-order valence-electron chi connectivity index (χ1n) is 15.0. The zero-order valence-electron chi connectivity index (χ0n) is 26.3. The number of esters is 1. The van der Waals surface area contributed by atoms with Crippen molar-refractivity contribution in [2.45, 2.75) is 96.6 Å². The SMILES string of the molecule is CC(=O)C(=O)N[C@@H]1C(=O)N2NCCC[C@@H]2C(=O)N(O)[C@@H](C)C(=O)NCC(=O)N2NCCC[C@H]2C(=O)N(O)[C@H](C)C(=O)O[C@H]1C(C)C. The number of cyclic esters (lactones) is 1. The Bertz CT molecular complexity index is 1250. The summed E-state index contributed by atoms with van der Waals surface area (Å²) in [5.41, 5.74) is 5.47. The van der Waals surface area contributed by atoms with Gasteiger partial charge in [-0.1, -0.05) is 13.8 Å². The molecule has 3 saturated heterocycles. The van der Waals surface area contributed by atoms with Gasteiger partial charge in [0.25, 0.3) is 29.5 Å². The van der Waals surface area contributed by atoms with Gasteiger partial charge in [0.1, 0.15) is 30.3 Å². The molecule has 0 bridgehead atoms. The van der Waals surface area contributed by atoms with Crippen LogP contribution >= 0.6 is 0 Å². The molecule has 0 radical (unpaired) electrons. The number of carbonyl (C=O) groups excluding carboxylic acids is 8. The van der Waals surface area contributed by atoms with Gasteiger partial charge in [0.2, 0.25) is 11.7 Å². The lowest BCUT2D eigenvalue weighted by molar-refractivity contribution is -0.197. The van der Waals surface area contributed by atoms with Crippen molar-refractivity contribution >= 4 is 47.2 Å². The highest BCUT2D eigenvalue weighted by Gasteiger charge is 2.46. The highest BCUT2D eigenvalue weighted by atomic mass is 16.6. The van der Waals surface area contributed by atoms with Crippen molar-refractivity contribution < 1.29 is 53.5 Å². The van der Waals surface area contributed by atoms with E-state index in [2.05, 4.69) is 21.5 Å². The lowest BCUT2D eigenvalue weighted by Crippen LogP contribution is -2.66. The van der Waals surface area contributed by atoms with Gasteiger partial charge in [-0.25, -0.2) is 25.8 Å². The molecule has 0 unspecified atom stereocenters. The van der Waals surface area contributed by atoms with Crippen LogP contribution in [0, 0.1) is 5.92 Å². The lowest BCUT2D eigenvalue weighted by Gasteiger charge is -2.40. The first-order chi connectivity index (χ1) is 21.6. The largest absolute Gasteiger partial charge is 0.458 e. The van der Waals surface area contributed by atoms with Crippen LogP contribution in [0.15, 0.2) is 0 Å². The smallest absolute Gasteiger partial charge is 0.331 e. The van der Waals surface area contributed by atoms with Crippen molar-refractivity contribution in [1.29, 1.82) is 0 Å². The van der Waals surface area contributed by atoms with E-state index in [1.54, 1.807) is 13.8 Å². The van der Waals surface area contributed by atoms with Crippen molar-refractivity contribution in [2.24, 2.45) is 5.92 Å². The molecular formula is C27H42N8O11. The predicted molar refractivity (Wildman–Crippen MR) is 152 cm³/mol. The number of Topliss-reactive ketones (excluding diaryl/α,β-unsaturated/α-hetero) is 1. The van der Waals surface area contributed by atoms with Crippen molar-refractivity contribution in [3.63, 3.8) is 0 Å². The molecule has 3 rings (SSSR count). The van der Waals surface area contributed by atoms with E-state index in [9.17, 15) is 48.8 Å². The molecular weight excluding hydrogens is 612 g/mol. The molecule has 19 heteroatoms. The third-order valence-corrected chi connectivity index (χ3v) is 8.00. The van der Waals surface area contributed by atoms with Gasteiger partial charge in [0.15, 0.2) is 6.04 Å². The molecule has 46 heavy (non-hydrogen) atoms. The van der Waals surface area contributed by atoms with Gasteiger partial charge < -0.3 is 15.4 Å². The summed E-state index contributed by atoms with van der Waals surface area (Å²) in [5, 5.41) is 28.1. The van der Waals surface area contributed by atoms with Gasteiger partial charge in [-0.15, -0.1) is 0 Å². The summed E-state index contributed by atoms with van der Waals surface area (Å²) in [4.78, 5) is 105. The summed E-state index contributed by atoms with van der Waals surface area (Å²) < 4.78 is 5.60. The maximum Gasteiger partial charge on any atom is 0.331 e. The van der Waals surface area contributed by atoms with Gasteiger partial charge in [0.05, 0.1) is 6.54 Å². The molecule has 3 fully saturated rings. The molecule has 6 amide bonds. The third-order valence-electron chi connectivity index (χ3n) is 8.00. The number of hydrazine groups is 2. The zero-order valence-corrected chi connectivity index (χ0v) is 26.3. The Labute approximate surface area is 264 Å². The Morgan fingerprint density at radius 3 is 1.91 bits per heavy atom. The number of carbonyl (C=O) groups is 8. The molecule has 256 valence electrons. The fourth-order valence-corrected chi connectivity index (χ4v) is 5.22. The maximum atomic E-state index is 14.0. The Morgan fingerprint density at radius 1 is 0.848 bits per heavy atom. The van der Waals surface area contributed by atoms with Gasteiger partial charge >= 0.3 is 5.97 Å². The number of hydrogen-bond donors (Lipinski definition) is 6. The molecule has 6 N–H and O–H groups in total. The molecule has 0 saturated carbocycles. The van der Waals surface area contributed by atoms with E-state index < -0.39 is 96.0 Å². The second kappa shape index (κ2) is 15.4. The second-order valence-corrected chi connectivity index (χ2v) is 11.7. The fraction of sp³-hybridized carbons (Fsp3) is 0.704. The van der Waals surface area contributed by atoms with E-state index in [1.165, 1.54) is 6.92 Å². The molecule has 0 aliphatic carbocycles. The summed E-state index contributed by atoms with van der Waals surface area (Å²) in [6.07, 6.45) is -0.620. The monoisotopic (exact) mass is 654 g/mol. The van der Waals surface area contributed by atoms with Crippen molar-refractivity contribution in [2.75, 3.05) is 19.6 Å². The minimum absolute atomic E-state index is 0.0155. The molecule has 3 heterocycles. The van der Waals surface area contributed by atoms with Gasteiger partial charge in [0, 0.05) is 20.0 Å². The third kappa shape index (κ3) is 7.95. The van der Waals surface area contributed by atoms with E-state index in [0.717, 1.165) is 23.9 Å². The first kappa shape index (κ1) is 36.3. The number of hydrogen-bond acceptors (Lipinski definition) is 13. The summed E-state index contributed by atoms with van der Waals surface area (Å²) >= 11 is 0. The van der Waals surface area contributed by atoms with E-state index in [0.29, 0.717) is 12.8 Å². The number of amides is 6. The Balaban J connectivity index is 2.10. The molecule has 6 atom stereocenters. The van der Waals surface area contributed by atoms with Crippen LogP contribution in [-0.4, -0.2) is 134 Å². The topological polar surface area (TPSA) is 247 Å². The molecule has 3 aliphatic heterocycles. The first-order valence-corrected chi connectivity index (χ1v) is 15.0. The molecule has 0 spiro atoms. The molecule has 0 aromatic rings. The van der Waals surface area contributed by atoms with Crippen molar-refractivity contribution in [3.8, 4) is 0 Å². The number of rotatable bonds is 3. The molecule has 0 aromatic carbocycles. The van der Waals surface area contributed by atoms with Gasteiger partial charge in [-0.2, -0.15) is 0 Å². The molecule has 19 nitrogen and oxygen atoms in total. The fourth-order valence-electron chi connectivity index (χ4n) is 5.22. The summed E-state index contributed by atoms with van der Waals surface area (Å²) in [6.45, 7) is 6.17. The summed E-state index contributed by atoms with van der Waals surface area (Å²) in [7, 11) is 0. The van der Waals surface area contributed by atoms with Gasteiger partial charge in [-0.3, -0.25) is 54.0 Å². The Kier molecular flexibility index (Phi) is 12.1. The van der Waals surface area contributed by atoms with Crippen molar-refractivity contribution in [1.82, 2.24) is 41.6 Å². The number of ketones is 1. The lowest BCUT2D eigenvalue weighted by atomic mass is 9.96. The summed E-state index contributed by atoms with van der Waals surface area (Å²) in [6, 6.07) is -7.67. The second-order valence-electron chi connectivity index (χ2n) is 11.7. The minimum atomic E-state index is -1.76. The van der Waals surface area contributed by atoms with E-state index in [4.69, 9.17) is 4.74 Å². The highest BCUT2D eigenvalue weighted by Crippen LogP contribution is 2.22. The quantitative estimate of drug-likeness (QED) is 0.101. The standard InChI is InChI=1S/C27H42N8O11/c1-13(2)21-20(31-23(39)16(5)36)26(42)33-18(9-7-11-30-33)25(41)34(44)14(3)22(38)28-12-19(37)32-17(8-6-10-29-32)24(40)35(45)15(4)27(43)46-21/h13-15,17-18,20-21,29-30,44-45H,6-12H2,1-5H3,(H,28,38)(H,31,39)/t14-,15+,17-,18+,20-,21-/m0/s1. The highest BCUT2D eigenvalue weighted by molar-refractivity contribution is 6.35. The van der Waals surface area contributed by atoms with Crippen LogP contribution in [0.5, 0.6) is 0 Å². The van der Waals surface area contributed by atoms with Crippen LogP contribution in [0.4, 0.5) is 0 Å². The molecule has 0 aromatic heterocycles. The van der Waals surface area contributed by atoms with Crippen LogP contribution in [0.2, 0.25) is 0 Å². The van der Waals surface area contributed by atoms with Crippen molar-refractivity contribution in [3.05, 3.63) is 0 Å². The number of nitrogens with one attached hydrogen (secondary N) is 4. The number of nitrogens with zero attached hydrogens (tertiary/aromatic N) is 4. The average Bonchev–Trinajstić information content (AvgIpc) is 3.05. The average molecular weight is 655 g/mol. The predicted octanol–water partition coefficient (Wildman–Crippen LogP) is -3.04. The zero-order chi connectivity index (χ0) is 34.5. The van der Waals surface area contributed by atoms with E-state index >= 15 is 0 Å². The molecule has 3 aliphatic rings. The van der Waals surface area contributed by atoms with E-state index in [1.807, 2.05) is 0 Å².